The van der Waals surface area contributed by atoms with Crippen LogP contribution >= 0.6 is 11.8 Å². The number of furan rings is 1. The van der Waals surface area contributed by atoms with Crippen molar-refractivity contribution in [3.8, 4) is 5.75 Å². The predicted molar refractivity (Wildman–Crippen MR) is 121 cm³/mol. The topological polar surface area (TPSA) is 62.8 Å². The Morgan fingerprint density at radius 1 is 1.10 bits per heavy atom. The normalized spacial score (nSPS) is 16.6. The van der Waals surface area contributed by atoms with Crippen LogP contribution in [0.25, 0.3) is 12.2 Å². The third-order valence-electron chi connectivity index (χ3n) is 5.04. The Morgan fingerprint density at radius 2 is 1.77 bits per heavy atom. The average molecular weight is 416 g/mol. The Kier molecular flexibility index (Phi) is 5.72. The van der Waals surface area contributed by atoms with Crippen LogP contribution in [0.15, 0.2) is 87.4 Å². The highest BCUT2D eigenvalue weighted by atomic mass is 32.2. The van der Waals surface area contributed by atoms with Crippen LogP contribution in [-0.2, 0) is 4.79 Å². The molecular formula is C25H21NO3S. The molecule has 1 N–H and O–H groups in total. The van der Waals surface area contributed by atoms with E-state index < -0.39 is 5.92 Å². The van der Waals surface area contributed by atoms with Gasteiger partial charge < -0.3 is 9.52 Å². The minimum absolute atomic E-state index is 0.0132. The first-order chi connectivity index (χ1) is 14.6. The summed E-state index contributed by atoms with van der Waals surface area (Å²) >= 11 is 1.14. The van der Waals surface area contributed by atoms with Gasteiger partial charge in [0.2, 0.25) is 10.7 Å². The molecule has 1 aliphatic rings. The summed E-state index contributed by atoms with van der Waals surface area (Å²) in [5.74, 6) is -0.415. The lowest BCUT2D eigenvalue weighted by Gasteiger charge is -2.22. The molecule has 5 heteroatoms. The number of nitrogens with zero attached hydrogens (tertiary/aromatic N) is 1. The second-order valence-electron chi connectivity index (χ2n) is 6.92. The molecule has 1 unspecified atom stereocenters. The molecule has 1 aliphatic heterocycles. The fourth-order valence-electron chi connectivity index (χ4n) is 3.63. The largest absolute Gasteiger partial charge is 0.504 e. The van der Waals surface area contributed by atoms with Crippen molar-refractivity contribution in [1.29, 1.82) is 0 Å². The van der Waals surface area contributed by atoms with Gasteiger partial charge in [-0.1, -0.05) is 84.6 Å². The van der Waals surface area contributed by atoms with Gasteiger partial charge >= 0.3 is 0 Å². The zero-order valence-corrected chi connectivity index (χ0v) is 17.5. The van der Waals surface area contributed by atoms with Gasteiger partial charge in [0.1, 0.15) is 0 Å². The number of fused-ring (bicyclic) bond motifs is 1. The van der Waals surface area contributed by atoms with E-state index in [9.17, 15) is 9.90 Å². The first-order valence-electron chi connectivity index (χ1n) is 9.58. The third-order valence-corrected chi connectivity index (χ3v) is 5.63. The van der Waals surface area contributed by atoms with Crippen molar-refractivity contribution in [3.63, 3.8) is 0 Å². The van der Waals surface area contributed by atoms with Crippen molar-refractivity contribution in [2.75, 3.05) is 6.26 Å². The molecule has 2 aromatic carbocycles. The van der Waals surface area contributed by atoms with E-state index in [1.54, 1.807) is 19.3 Å². The van der Waals surface area contributed by atoms with Gasteiger partial charge in [0.05, 0.1) is 5.56 Å². The fourth-order valence-corrected chi connectivity index (χ4v) is 4.11. The molecule has 0 amide bonds. The van der Waals surface area contributed by atoms with Crippen LogP contribution in [0.1, 0.15) is 29.5 Å². The molecule has 0 saturated carbocycles. The summed E-state index contributed by atoms with van der Waals surface area (Å²) in [4.78, 5) is 17.2. The molecule has 2 heterocycles. The van der Waals surface area contributed by atoms with Gasteiger partial charge in [0.15, 0.2) is 11.2 Å². The zero-order valence-electron chi connectivity index (χ0n) is 16.7. The van der Waals surface area contributed by atoms with Gasteiger partial charge in [0.25, 0.3) is 0 Å². The van der Waals surface area contributed by atoms with Gasteiger partial charge in [-0.05, 0) is 30.4 Å². The molecule has 0 fully saturated rings. The number of hydrogen-bond acceptors (Lipinski definition) is 5. The van der Waals surface area contributed by atoms with Crippen LogP contribution in [0.2, 0.25) is 0 Å². The molecule has 4 nitrogen and oxygen atoms in total. The molecule has 0 bridgehead atoms. The summed E-state index contributed by atoms with van der Waals surface area (Å²) in [6.07, 6.45) is 7.22. The van der Waals surface area contributed by atoms with Crippen molar-refractivity contribution < 1.29 is 14.3 Å². The number of hydrogen-bond donors (Lipinski definition) is 1. The van der Waals surface area contributed by atoms with Crippen molar-refractivity contribution >= 4 is 29.0 Å². The first-order valence-corrected chi connectivity index (χ1v) is 10.8. The Hall–Kier alpha value is -3.31. The van der Waals surface area contributed by atoms with Gasteiger partial charge in [-0.2, -0.15) is 0 Å². The minimum atomic E-state index is -0.428. The lowest BCUT2D eigenvalue weighted by molar-refractivity contribution is -0.108. The van der Waals surface area contributed by atoms with Crippen molar-refractivity contribution in [1.82, 2.24) is 0 Å². The maximum atomic E-state index is 12.7. The van der Waals surface area contributed by atoms with E-state index in [1.807, 2.05) is 72.8 Å². The molecule has 0 spiro atoms. The number of thioether (sulfide) groups is 1. The van der Waals surface area contributed by atoms with Gasteiger partial charge in [-0.25, -0.2) is 4.99 Å². The maximum absolute atomic E-state index is 12.7. The molecule has 1 aromatic heterocycles. The Balaban J connectivity index is 1.85. The van der Waals surface area contributed by atoms with E-state index in [-0.39, 0.29) is 10.9 Å². The molecule has 0 aliphatic carbocycles. The predicted octanol–water partition coefficient (Wildman–Crippen LogP) is 4.41. The molecular weight excluding hydrogens is 394 g/mol. The summed E-state index contributed by atoms with van der Waals surface area (Å²) in [5, 5.41) is 10.9. The SMILES string of the molecule is CSC(=O)C1=C(C)N=c2oc(=CC=Cc3ccccc3)c(O)c2C1c1ccccc1. The lowest BCUT2D eigenvalue weighted by atomic mass is 9.84. The van der Waals surface area contributed by atoms with Gasteiger partial charge in [-0.15, -0.1) is 0 Å². The number of aromatic hydroxyl groups is 1. The van der Waals surface area contributed by atoms with Crippen molar-refractivity contribution in [2.24, 2.45) is 4.99 Å². The molecule has 150 valence electrons. The number of carbonyl (C=O) groups is 1. The van der Waals surface area contributed by atoms with Crippen LogP contribution < -0.4 is 11.0 Å². The van der Waals surface area contributed by atoms with E-state index in [4.69, 9.17) is 4.42 Å². The fraction of sp³-hybridized carbons (Fsp3) is 0.120. The van der Waals surface area contributed by atoms with E-state index in [2.05, 4.69) is 4.99 Å². The van der Waals surface area contributed by atoms with Gasteiger partial charge in [0, 0.05) is 17.2 Å². The number of carbonyl (C=O) groups excluding carboxylic acids is 1. The smallest absolute Gasteiger partial charge is 0.227 e. The second kappa shape index (κ2) is 8.59. The van der Waals surface area contributed by atoms with Crippen LogP contribution in [0.3, 0.4) is 0 Å². The third kappa shape index (κ3) is 3.76. The molecule has 30 heavy (non-hydrogen) atoms. The van der Waals surface area contributed by atoms with Crippen LogP contribution in [0.4, 0.5) is 0 Å². The first kappa shape index (κ1) is 20.0. The van der Waals surface area contributed by atoms with Crippen LogP contribution in [0, 0.1) is 0 Å². The standard InChI is InChI=1S/C25H21NO3S/c1-16-20(25(28)30-2)21(18-13-7-4-8-14-18)22-23(27)19(29-24(22)26-16)15-9-12-17-10-5-3-6-11-17/h3-15,21,27H,1-2H3. The minimum Gasteiger partial charge on any atom is -0.504 e. The number of benzene rings is 2. The Morgan fingerprint density at radius 3 is 2.43 bits per heavy atom. The zero-order chi connectivity index (χ0) is 21.1. The van der Waals surface area contributed by atoms with E-state index in [0.717, 1.165) is 22.9 Å². The highest BCUT2D eigenvalue weighted by Crippen LogP contribution is 2.39. The van der Waals surface area contributed by atoms with E-state index in [1.165, 1.54) is 0 Å². The summed E-state index contributed by atoms with van der Waals surface area (Å²) in [7, 11) is 0. The quantitative estimate of drug-likeness (QED) is 0.686. The van der Waals surface area contributed by atoms with E-state index >= 15 is 0 Å². The summed E-state index contributed by atoms with van der Waals surface area (Å²) < 4.78 is 5.88. The summed E-state index contributed by atoms with van der Waals surface area (Å²) in [6, 6.07) is 19.5. The molecule has 3 aromatic rings. The Labute approximate surface area is 179 Å². The number of rotatable bonds is 4. The molecule has 0 saturated heterocycles. The highest BCUT2D eigenvalue weighted by Gasteiger charge is 2.34. The van der Waals surface area contributed by atoms with Gasteiger partial charge in [-0.3, -0.25) is 4.79 Å². The molecule has 4 rings (SSSR count). The number of allylic oxidation sites excluding steroid dienone is 2. The van der Waals surface area contributed by atoms with Crippen molar-refractivity contribution in [2.45, 2.75) is 12.8 Å². The summed E-state index contributed by atoms with van der Waals surface area (Å²) in [5.41, 5.74) is 4.33. The molecule has 0 radical (unpaired) electrons. The monoisotopic (exact) mass is 415 g/mol. The van der Waals surface area contributed by atoms with Crippen molar-refractivity contribution in [3.05, 3.63) is 106 Å². The Bertz CT molecular complexity index is 1250. The highest BCUT2D eigenvalue weighted by molar-refractivity contribution is 8.13. The van der Waals surface area contributed by atoms with Crippen LogP contribution in [-0.4, -0.2) is 16.5 Å². The second-order valence-corrected chi connectivity index (χ2v) is 7.70. The van der Waals surface area contributed by atoms with E-state index in [0.29, 0.717) is 27.8 Å². The molecule has 1 atom stereocenters. The summed E-state index contributed by atoms with van der Waals surface area (Å²) in [6.45, 7) is 1.81. The maximum Gasteiger partial charge on any atom is 0.227 e. The average Bonchev–Trinajstić information content (AvgIpc) is 3.08. The lowest BCUT2D eigenvalue weighted by Crippen LogP contribution is -2.22. The van der Waals surface area contributed by atoms with Crippen LogP contribution in [0.5, 0.6) is 5.75 Å².